The van der Waals surface area contributed by atoms with E-state index in [0.29, 0.717) is 33.4 Å². The van der Waals surface area contributed by atoms with Crippen molar-refractivity contribution in [2.45, 2.75) is 12.8 Å². The van der Waals surface area contributed by atoms with Crippen molar-refractivity contribution in [3.63, 3.8) is 0 Å². The minimum Gasteiger partial charge on any atom is -0.309 e. The van der Waals surface area contributed by atoms with Crippen molar-refractivity contribution in [2.75, 3.05) is 11.6 Å². The van der Waals surface area contributed by atoms with E-state index in [4.69, 9.17) is 17.4 Å². The molecule has 0 unspecified atom stereocenters. The zero-order valence-electron chi connectivity index (χ0n) is 12.0. The molecule has 0 atom stereocenters. The average molecular weight is 319 g/mol. The highest BCUT2D eigenvalue weighted by Crippen LogP contribution is 2.43. The van der Waals surface area contributed by atoms with Gasteiger partial charge in [0, 0.05) is 23.9 Å². The average Bonchev–Trinajstić information content (AvgIpc) is 3.31. The Labute approximate surface area is 133 Å². The standard InChI is InChI=1S/C16H16ClFN4/c1-20-16-14(22(19)9-10-2-3-10)5-4-12(15(16)17)11-6-7-21-8-13(11)18/h4-8,10H,1-3,9,19H2. The molecule has 1 saturated carbocycles. The highest BCUT2D eigenvalue weighted by molar-refractivity contribution is 6.36. The highest BCUT2D eigenvalue weighted by atomic mass is 35.5. The SMILES string of the molecule is C=Nc1c(N(N)CC2CC2)ccc(-c2ccncc2F)c1Cl. The lowest BCUT2D eigenvalue weighted by molar-refractivity contribution is 0.625. The number of pyridine rings is 1. The van der Waals surface area contributed by atoms with Gasteiger partial charge in [-0.1, -0.05) is 17.7 Å². The molecule has 0 saturated heterocycles. The number of nitrogens with two attached hydrogens (primary N) is 1. The Balaban J connectivity index is 2.04. The second-order valence-corrected chi connectivity index (χ2v) is 5.78. The molecule has 4 nitrogen and oxygen atoms in total. The lowest BCUT2D eigenvalue weighted by Gasteiger charge is -2.22. The summed E-state index contributed by atoms with van der Waals surface area (Å²) in [6.45, 7) is 4.32. The molecule has 22 heavy (non-hydrogen) atoms. The smallest absolute Gasteiger partial charge is 0.149 e. The van der Waals surface area contributed by atoms with Crippen molar-refractivity contribution in [1.82, 2.24) is 4.98 Å². The minimum atomic E-state index is -0.435. The first kappa shape index (κ1) is 14.9. The van der Waals surface area contributed by atoms with Crippen molar-refractivity contribution in [3.8, 4) is 11.1 Å². The zero-order valence-corrected chi connectivity index (χ0v) is 12.7. The van der Waals surface area contributed by atoms with Crippen LogP contribution in [0.5, 0.6) is 0 Å². The zero-order chi connectivity index (χ0) is 15.7. The van der Waals surface area contributed by atoms with Crippen LogP contribution in [0.2, 0.25) is 5.02 Å². The first-order valence-corrected chi connectivity index (χ1v) is 7.41. The third kappa shape index (κ3) is 2.82. The van der Waals surface area contributed by atoms with Gasteiger partial charge in [-0.2, -0.15) is 0 Å². The number of aliphatic imine (C=N–C) groups is 1. The first-order valence-electron chi connectivity index (χ1n) is 7.03. The molecule has 1 aromatic carbocycles. The normalized spacial score (nSPS) is 14.0. The number of aromatic nitrogens is 1. The summed E-state index contributed by atoms with van der Waals surface area (Å²) in [7, 11) is 0. The Hall–Kier alpha value is -1.98. The van der Waals surface area contributed by atoms with Crippen LogP contribution in [-0.4, -0.2) is 18.2 Å². The number of hydrogen-bond donors (Lipinski definition) is 1. The summed E-state index contributed by atoms with van der Waals surface area (Å²) < 4.78 is 13.9. The Morgan fingerprint density at radius 1 is 1.36 bits per heavy atom. The molecule has 0 aliphatic heterocycles. The van der Waals surface area contributed by atoms with E-state index in [0.717, 1.165) is 12.7 Å². The van der Waals surface area contributed by atoms with Crippen LogP contribution in [0.3, 0.4) is 0 Å². The van der Waals surface area contributed by atoms with E-state index in [1.54, 1.807) is 23.2 Å². The van der Waals surface area contributed by atoms with Crippen molar-refractivity contribution >= 4 is 29.7 Å². The first-order chi connectivity index (χ1) is 10.6. The molecule has 2 aromatic rings. The number of hydrogen-bond acceptors (Lipinski definition) is 4. The maximum atomic E-state index is 13.9. The molecule has 114 valence electrons. The van der Waals surface area contributed by atoms with Gasteiger partial charge in [-0.3, -0.25) is 9.98 Å². The molecular weight excluding hydrogens is 303 g/mol. The second kappa shape index (κ2) is 6.02. The molecular formula is C16H16ClFN4. The predicted molar refractivity (Wildman–Crippen MR) is 88.1 cm³/mol. The van der Waals surface area contributed by atoms with Crippen LogP contribution < -0.4 is 10.9 Å². The Morgan fingerprint density at radius 2 is 2.14 bits per heavy atom. The molecule has 1 fully saturated rings. The van der Waals surface area contributed by atoms with Gasteiger partial charge in [-0.15, -0.1) is 0 Å². The van der Waals surface area contributed by atoms with Gasteiger partial charge in [0.1, 0.15) is 11.5 Å². The summed E-state index contributed by atoms with van der Waals surface area (Å²) in [5, 5.41) is 1.98. The molecule has 0 amide bonds. The number of halogens is 2. The summed E-state index contributed by atoms with van der Waals surface area (Å²) in [6, 6.07) is 5.12. The van der Waals surface area contributed by atoms with Gasteiger partial charge >= 0.3 is 0 Å². The van der Waals surface area contributed by atoms with Crippen LogP contribution in [0.15, 0.2) is 35.6 Å². The highest BCUT2D eigenvalue weighted by Gasteiger charge is 2.25. The molecule has 6 heteroatoms. The van der Waals surface area contributed by atoms with Crippen LogP contribution in [0.4, 0.5) is 15.8 Å². The number of benzene rings is 1. The van der Waals surface area contributed by atoms with Gasteiger partial charge in [0.2, 0.25) is 0 Å². The lowest BCUT2D eigenvalue weighted by atomic mass is 10.0. The van der Waals surface area contributed by atoms with Gasteiger partial charge < -0.3 is 5.01 Å². The summed E-state index contributed by atoms with van der Waals surface area (Å²) in [4.78, 5) is 7.74. The third-order valence-corrected chi connectivity index (χ3v) is 4.16. The molecule has 2 N–H and O–H groups in total. The van der Waals surface area contributed by atoms with Gasteiger partial charge in [-0.25, -0.2) is 10.2 Å². The maximum Gasteiger partial charge on any atom is 0.149 e. The molecule has 0 radical (unpaired) electrons. The van der Waals surface area contributed by atoms with Gasteiger partial charge in [0.05, 0.1) is 16.9 Å². The third-order valence-electron chi connectivity index (χ3n) is 3.78. The Morgan fingerprint density at radius 3 is 2.77 bits per heavy atom. The topological polar surface area (TPSA) is 54.5 Å². The van der Waals surface area contributed by atoms with E-state index in [1.165, 1.54) is 19.0 Å². The van der Waals surface area contributed by atoms with E-state index in [1.807, 2.05) is 0 Å². The number of hydrazine groups is 1. The van der Waals surface area contributed by atoms with E-state index < -0.39 is 5.82 Å². The summed E-state index contributed by atoms with van der Waals surface area (Å²) in [6.07, 6.45) is 5.06. The Kier molecular flexibility index (Phi) is 4.09. The quantitative estimate of drug-likeness (QED) is 0.515. The molecule has 1 aliphatic carbocycles. The fourth-order valence-corrected chi connectivity index (χ4v) is 2.74. The summed E-state index contributed by atoms with van der Waals surface area (Å²) >= 11 is 6.41. The molecule has 1 heterocycles. The van der Waals surface area contributed by atoms with Crippen molar-refractivity contribution in [2.24, 2.45) is 16.8 Å². The monoisotopic (exact) mass is 318 g/mol. The summed E-state index contributed by atoms with van der Waals surface area (Å²) in [5.74, 6) is 6.29. The van der Waals surface area contributed by atoms with Crippen LogP contribution in [0.25, 0.3) is 11.1 Å². The molecule has 0 bridgehead atoms. The molecule has 1 aliphatic rings. The van der Waals surface area contributed by atoms with E-state index in [9.17, 15) is 4.39 Å². The van der Waals surface area contributed by atoms with E-state index in [-0.39, 0.29) is 0 Å². The fourth-order valence-electron chi connectivity index (χ4n) is 2.42. The lowest BCUT2D eigenvalue weighted by Crippen LogP contribution is -2.32. The van der Waals surface area contributed by atoms with Crippen LogP contribution in [0, 0.1) is 11.7 Å². The van der Waals surface area contributed by atoms with E-state index in [2.05, 4.69) is 16.7 Å². The number of rotatable bonds is 5. The second-order valence-electron chi connectivity index (χ2n) is 5.40. The minimum absolute atomic E-state index is 0.337. The Bertz CT molecular complexity index is 715. The van der Waals surface area contributed by atoms with Crippen molar-refractivity contribution < 1.29 is 4.39 Å². The number of anilines is 1. The maximum absolute atomic E-state index is 13.9. The van der Waals surface area contributed by atoms with Gasteiger partial charge in [0.15, 0.2) is 0 Å². The van der Waals surface area contributed by atoms with Gasteiger partial charge in [-0.05, 0) is 37.6 Å². The fraction of sp³-hybridized carbons (Fsp3) is 0.250. The molecule has 1 aromatic heterocycles. The molecule has 0 spiro atoms. The predicted octanol–water partition coefficient (Wildman–Crippen LogP) is 3.96. The summed E-state index contributed by atoms with van der Waals surface area (Å²) in [5.41, 5.74) is 2.10. The van der Waals surface area contributed by atoms with Gasteiger partial charge in [0.25, 0.3) is 0 Å². The van der Waals surface area contributed by atoms with Crippen LogP contribution >= 0.6 is 11.6 Å². The van der Waals surface area contributed by atoms with Crippen molar-refractivity contribution in [1.29, 1.82) is 0 Å². The largest absolute Gasteiger partial charge is 0.309 e. The molecule has 3 rings (SSSR count). The van der Waals surface area contributed by atoms with E-state index >= 15 is 0 Å². The number of nitrogens with zero attached hydrogens (tertiary/aromatic N) is 3. The van der Waals surface area contributed by atoms with Crippen molar-refractivity contribution in [3.05, 3.63) is 41.4 Å². The van der Waals surface area contributed by atoms with Crippen LogP contribution in [0.1, 0.15) is 12.8 Å². The van der Waals surface area contributed by atoms with Crippen LogP contribution in [-0.2, 0) is 0 Å².